The molecular formula is C11H7N3OS. The van der Waals surface area contributed by atoms with Crippen molar-refractivity contribution in [3.05, 3.63) is 41.7 Å². The predicted octanol–water partition coefficient (Wildman–Crippen LogP) is 2.27. The molecule has 0 atom stereocenters. The molecule has 0 aromatic carbocycles. The highest BCUT2D eigenvalue weighted by Gasteiger charge is 2.13. The third-order valence-corrected chi connectivity index (χ3v) is 3.18. The van der Waals surface area contributed by atoms with Crippen LogP contribution in [-0.2, 0) is 0 Å². The van der Waals surface area contributed by atoms with E-state index in [9.17, 15) is 4.79 Å². The van der Waals surface area contributed by atoms with Crippen molar-refractivity contribution in [2.45, 2.75) is 0 Å². The van der Waals surface area contributed by atoms with E-state index in [1.165, 1.54) is 0 Å². The molecule has 0 bridgehead atoms. The Morgan fingerprint density at radius 2 is 2.31 bits per heavy atom. The van der Waals surface area contributed by atoms with Gasteiger partial charge in [-0.15, -0.1) is 11.3 Å². The molecule has 0 aliphatic heterocycles. The van der Waals surface area contributed by atoms with E-state index in [0.29, 0.717) is 17.2 Å². The summed E-state index contributed by atoms with van der Waals surface area (Å²) < 4.78 is 1.70. The van der Waals surface area contributed by atoms with Gasteiger partial charge in [0.2, 0.25) is 5.78 Å². The number of imidazole rings is 1. The topological polar surface area (TPSA) is 47.3 Å². The summed E-state index contributed by atoms with van der Waals surface area (Å²) in [4.78, 5) is 20.6. The van der Waals surface area contributed by atoms with E-state index >= 15 is 0 Å². The van der Waals surface area contributed by atoms with E-state index in [0.717, 1.165) is 11.2 Å². The molecule has 0 aliphatic rings. The Labute approximate surface area is 95.2 Å². The van der Waals surface area contributed by atoms with E-state index in [-0.39, 0.29) is 0 Å². The normalized spacial score (nSPS) is 10.8. The maximum Gasteiger partial charge on any atom is 0.234 e. The summed E-state index contributed by atoms with van der Waals surface area (Å²) in [5.41, 5.74) is 1.24. The van der Waals surface area contributed by atoms with Crippen molar-refractivity contribution in [1.29, 1.82) is 0 Å². The van der Waals surface area contributed by atoms with Crippen LogP contribution in [0.3, 0.4) is 0 Å². The molecule has 78 valence electrons. The number of hydrogen-bond donors (Lipinski definition) is 0. The monoisotopic (exact) mass is 229 g/mol. The Morgan fingerprint density at radius 3 is 3.06 bits per heavy atom. The first-order chi connectivity index (χ1) is 7.90. The van der Waals surface area contributed by atoms with Crippen LogP contribution in [0.1, 0.15) is 10.5 Å². The van der Waals surface area contributed by atoms with E-state index in [1.54, 1.807) is 34.2 Å². The van der Waals surface area contributed by atoms with Crippen LogP contribution >= 0.6 is 11.3 Å². The minimum Gasteiger partial charge on any atom is -0.296 e. The number of thiophene rings is 1. The molecule has 3 rings (SSSR count). The van der Waals surface area contributed by atoms with Crippen LogP contribution in [0.25, 0.3) is 16.3 Å². The summed E-state index contributed by atoms with van der Waals surface area (Å²) >= 11 is 1.56. The van der Waals surface area contributed by atoms with Gasteiger partial charge in [0, 0.05) is 12.4 Å². The summed E-state index contributed by atoms with van der Waals surface area (Å²) in [6.45, 7) is 0. The molecule has 0 saturated heterocycles. The summed E-state index contributed by atoms with van der Waals surface area (Å²) in [5.74, 6) is 0.549. The lowest BCUT2D eigenvalue weighted by molar-refractivity contribution is 0.111. The summed E-state index contributed by atoms with van der Waals surface area (Å²) in [7, 11) is 0. The average Bonchev–Trinajstić information content (AvgIpc) is 2.95. The first kappa shape index (κ1) is 9.23. The lowest BCUT2D eigenvalue weighted by Gasteiger charge is -1.93. The number of hydrogen-bond acceptors (Lipinski definition) is 4. The standard InChI is InChI=1S/C11H7N3OS/c15-7-8-10(9-3-1-6-16-9)13-11-12-4-2-5-14(8)11/h1-7H. The first-order valence-corrected chi connectivity index (χ1v) is 5.60. The zero-order valence-corrected chi connectivity index (χ0v) is 9.02. The van der Waals surface area contributed by atoms with Gasteiger partial charge < -0.3 is 0 Å². The molecule has 4 nitrogen and oxygen atoms in total. The fourth-order valence-corrected chi connectivity index (χ4v) is 2.34. The van der Waals surface area contributed by atoms with Crippen molar-refractivity contribution in [3.8, 4) is 10.6 Å². The zero-order chi connectivity index (χ0) is 11.0. The van der Waals surface area contributed by atoms with Crippen molar-refractivity contribution >= 4 is 23.4 Å². The number of carbonyl (C=O) groups is 1. The minimum absolute atomic E-state index is 0.547. The highest BCUT2D eigenvalue weighted by atomic mass is 32.1. The number of fused-ring (bicyclic) bond motifs is 1. The van der Waals surface area contributed by atoms with Gasteiger partial charge in [-0.3, -0.25) is 9.20 Å². The van der Waals surface area contributed by atoms with Crippen molar-refractivity contribution in [2.75, 3.05) is 0 Å². The molecule has 0 radical (unpaired) electrons. The van der Waals surface area contributed by atoms with Gasteiger partial charge in [-0.1, -0.05) is 6.07 Å². The van der Waals surface area contributed by atoms with Crippen LogP contribution in [0, 0.1) is 0 Å². The molecule has 16 heavy (non-hydrogen) atoms. The smallest absolute Gasteiger partial charge is 0.234 e. The lowest BCUT2D eigenvalue weighted by Crippen LogP contribution is -1.92. The van der Waals surface area contributed by atoms with Crippen molar-refractivity contribution in [1.82, 2.24) is 14.4 Å². The maximum absolute atomic E-state index is 11.1. The molecular weight excluding hydrogens is 222 g/mol. The highest BCUT2D eigenvalue weighted by molar-refractivity contribution is 7.13. The van der Waals surface area contributed by atoms with Gasteiger partial charge in [0.25, 0.3) is 0 Å². The molecule has 0 aliphatic carbocycles. The van der Waals surface area contributed by atoms with E-state index in [1.807, 2.05) is 17.5 Å². The Hall–Kier alpha value is -2.01. The van der Waals surface area contributed by atoms with Crippen LogP contribution in [0.5, 0.6) is 0 Å². The quantitative estimate of drug-likeness (QED) is 0.633. The van der Waals surface area contributed by atoms with Crippen LogP contribution < -0.4 is 0 Å². The second-order valence-electron chi connectivity index (χ2n) is 3.23. The van der Waals surface area contributed by atoms with Crippen LogP contribution in [-0.4, -0.2) is 20.7 Å². The second-order valence-corrected chi connectivity index (χ2v) is 4.18. The van der Waals surface area contributed by atoms with Crippen molar-refractivity contribution < 1.29 is 4.79 Å². The third-order valence-electron chi connectivity index (χ3n) is 2.31. The Balaban J connectivity index is 2.37. The van der Waals surface area contributed by atoms with E-state index in [4.69, 9.17) is 0 Å². The number of nitrogens with zero attached hydrogens (tertiary/aromatic N) is 3. The molecule has 0 saturated carbocycles. The Morgan fingerprint density at radius 1 is 1.38 bits per heavy atom. The van der Waals surface area contributed by atoms with Crippen molar-refractivity contribution in [2.24, 2.45) is 0 Å². The molecule has 3 aromatic heterocycles. The Kier molecular flexibility index (Phi) is 2.04. The molecule has 0 fully saturated rings. The van der Waals surface area contributed by atoms with Gasteiger partial charge in [-0.05, 0) is 17.5 Å². The molecule has 0 amide bonds. The predicted molar refractivity (Wildman–Crippen MR) is 61.7 cm³/mol. The summed E-state index contributed by atoms with van der Waals surface area (Å²) in [6.07, 6.45) is 4.27. The second kappa shape index (κ2) is 3.53. The number of carbonyl (C=O) groups excluding carboxylic acids is 1. The van der Waals surface area contributed by atoms with E-state index < -0.39 is 0 Å². The fraction of sp³-hybridized carbons (Fsp3) is 0. The molecule has 0 spiro atoms. The third kappa shape index (κ3) is 1.25. The van der Waals surface area contributed by atoms with Crippen LogP contribution in [0.4, 0.5) is 0 Å². The number of aldehydes is 1. The van der Waals surface area contributed by atoms with Crippen LogP contribution in [0.2, 0.25) is 0 Å². The van der Waals surface area contributed by atoms with Gasteiger partial charge >= 0.3 is 0 Å². The SMILES string of the molecule is O=Cc1c(-c2cccs2)nc2ncccn12. The van der Waals surface area contributed by atoms with Crippen LogP contribution in [0.15, 0.2) is 36.0 Å². The van der Waals surface area contributed by atoms with Gasteiger partial charge in [0.1, 0.15) is 11.4 Å². The van der Waals surface area contributed by atoms with E-state index in [2.05, 4.69) is 9.97 Å². The van der Waals surface area contributed by atoms with Gasteiger partial charge in [-0.2, -0.15) is 0 Å². The minimum atomic E-state index is 0.547. The molecule has 3 heterocycles. The fourth-order valence-electron chi connectivity index (χ4n) is 1.61. The lowest BCUT2D eigenvalue weighted by atomic mass is 10.3. The first-order valence-electron chi connectivity index (χ1n) is 4.72. The average molecular weight is 229 g/mol. The molecule has 0 N–H and O–H groups in total. The van der Waals surface area contributed by atoms with Gasteiger partial charge in [-0.25, -0.2) is 9.97 Å². The summed E-state index contributed by atoms with van der Waals surface area (Å²) in [5, 5.41) is 1.96. The maximum atomic E-state index is 11.1. The van der Waals surface area contributed by atoms with Gasteiger partial charge in [0.15, 0.2) is 6.29 Å². The summed E-state index contributed by atoms with van der Waals surface area (Å²) in [6, 6.07) is 5.66. The number of rotatable bonds is 2. The zero-order valence-electron chi connectivity index (χ0n) is 8.20. The largest absolute Gasteiger partial charge is 0.296 e. The van der Waals surface area contributed by atoms with Crippen molar-refractivity contribution in [3.63, 3.8) is 0 Å². The number of aromatic nitrogens is 3. The molecule has 0 unspecified atom stereocenters. The molecule has 3 aromatic rings. The van der Waals surface area contributed by atoms with Gasteiger partial charge in [0.05, 0.1) is 4.88 Å². The molecule has 5 heteroatoms. The highest BCUT2D eigenvalue weighted by Crippen LogP contribution is 2.26. The Bertz CT molecular complexity index is 642.